The van der Waals surface area contributed by atoms with E-state index in [1.54, 1.807) is 0 Å². The van der Waals surface area contributed by atoms with E-state index in [-0.39, 0.29) is 10.8 Å². The maximum atomic E-state index is 10.0. The number of hydrogen-bond acceptors (Lipinski definition) is 2. The van der Waals surface area contributed by atoms with Crippen molar-refractivity contribution >= 4 is 0 Å². The molecule has 0 aromatic heterocycles. The van der Waals surface area contributed by atoms with Gasteiger partial charge in [0.05, 0.1) is 5.60 Å². The Labute approximate surface area is 75.2 Å². The maximum Gasteiger partial charge on any atom is 0.0779 e. The van der Waals surface area contributed by atoms with E-state index >= 15 is 0 Å². The molecule has 0 aromatic carbocycles. The van der Waals surface area contributed by atoms with Crippen molar-refractivity contribution in [3.63, 3.8) is 0 Å². The van der Waals surface area contributed by atoms with Crippen LogP contribution in [0.15, 0.2) is 0 Å². The lowest BCUT2D eigenvalue weighted by Crippen LogP contribution is -2.38. The molecule has 1 unspecified atom stereocenters. The van der Waals surface area contributed by atoms with E-state index in [1.807, 2.05) is 6.92 Å². The molecule has 1 aliphatic carbocycles. The Morgan fingerprint density at radius 2 is 1.58 bits per heavy atom. The van der Waals surface area contributed by atoms with Crippen LogP contribution in [0.4, 0.5) is 0 Å². The van der Waals surface area contributed by atoms with Crippen LogP contribution in [-0.4, -0.2) is 17.3 Å². The van der Waals surface area contributed by atoms with Gasteiger partial charge in [0.15, 0.2) is 0 Å². The van der Waals surface area contributed by atoms with Gasteiger partial charge in [-0.05, 0) is 23.7 Å². The summed E-state index contributed by atoms with van der Waals surface area (Å²) < 4.78 is 0. The summed E-state index contributed by atoms with van der Waals surface area (Å²) in [6, 6.07) is 0. The maximum absolute atomic E-state index is 10.0. The van der Waals surface area contributed by atoms with Crippen LogP contribution in [0.1, 0.15) is 34.6 Å². The summed E-state index contributed by atoms with van der Waals surface area (Å²) in [6.45, 7) is 11.0. The molecule has 0 spiro atoms. The molecule has 0 radical (unpaired) electrons. The molecule has 0 bridgehead atoms. The molecule has 0 heterocycles. The van der Waals surface area contributed by atoms with Crippen LogP contribution in [0.25, 0.3) is 0 Å². The molecule has 72 valence electrons. The zero-order valence-corrected chi connectivity index (χ0v) is 8.81. The Kier molecular flexibility index (Phi) is 1.86. The minimum Gasteiger partial charge on any atom is -0.389 e. The highest BCUT2D eigenvalue weighted by Gasteiger charge is 2.70. The Morgan fingerprint density at radius 3 is 1.67 bits per heavy atom. The zero-order valence-electron chi connectivity index (χ0n) is 8.81. The second kappa shape index (κ2) is 2.24. The van der Waals surface area contributed by atoms with E-state index in [9.17, 15) is 5.11 Å². The molecule has 0 amide bonds. The minimum atomic E-state index is -0.701. The fourth-order valence-corrected chi connectivity index (χ4v) is 2.87. The van der Waals surface area contributed by atoms with Gasteiger partial charge < -0.3 is 10.8 Å². The summed E-state index contributed by atoms with van der Waals surface area (Å²) in [5, 5.41) is 10.0. The van der Waals surface area contributed by atoms with Gasteiger partial charge >= 0.3 is 0 Å². The molecule has 1 fully saturated rings. The lowest BCUT2D eigenvalue weighted by molar-refractivity contribution is 0.0270. The molecule has 0 saturated heterocycles. The molecular weight excluding hydrogens is 150 g/mol. The first-order valence-corrected chi connectivity index (χ1v) is 4.60. The molecule has 1 atom stereocenters. The Balaban J connectivity index is 2.84. The highest BCUT2D eigenvalue weighted by molar-refractivity contribution is 5.18. The van der Waals surface area contributed by atoms with Crippen molar-refractivity contribution in [1.29, 1.82) is 0 Å². The predicted molar refractivity (Wildman–Crippen MR) is 50.7 cm³/mol. The summed E-state index contributed by atoms with van der Waals surface area (Å²) in [6.07, 6.45) is 0. The average Bonchev–Trinajstić information content (AvgIpc) is 2.25. The third-order valence-electron chi connectivity index (χ3n) is 4.06. The van der Waals surface area contributed by atoms with Gasteiger partial charge in [-0.2, -0.15) is 0 Å². The summed E-state index contributed by atoms with van der Waals surface area (Å²) in [7, 11) is 0. The van der Waals surface area contributed by atoms with E-state index in [4.69, 9.17) is 5.73 Å². The van der Waals surface area contributed by atoms with Crippen LogP contribution in [0.5, 0.6) is 0 Å². The van der Waals surface area contributed by atoms with Crippen LogP contribution in [-0.2, 0) is 0 Å². The van der Waals surface area contributed by atoms with Gasteiger partial charge in [0.2, 0.25) is 0 Å². The molecule has 2 heteroatoms. The second-order valence-electron chi connectivity index (χ2n) is 5.44. The fraction of sp³-hybridized carbons (Fsp3) is 1.00. The van der Waals surface area contributed by atoms with Crippen LogP contribution < -0.4 is 5.73 Å². The zero-order chi connectivity index (χ0) is 9.78. The number of aliphatic hydroxyl groups is 1. The average molecular weight is 171 g/mol. The number of rotatable bonds is 2. The van der Waals surface area contributed by atoms with Crippen molar-refractivity contribution in [2.24, 2.45) is 22.5 Å². The van der Waals surface area contributed by atoms with E-state index in [0.29, 0.717) is 12.5 Å². The van der Waals surface area contributed by atoms with E-state index in [1.165, 1.54) is 0 Å². The molecule has 0 aliphatic heterocycles. The van der Waals surface area contributed by atoms with Crippen LogP contribution in [0, 0.1) is 16.7 Å². The normalized spacial score (nSPS) is 31.2. The number of hydrogen-bond donors (Lipinski definition) is 2. The Bertz CT molecular complexity index is 180. The Morgan fingerprint density at radius 1 is 1.25 bits per heavy atom. The van der Waals surface area contributed by atoms with Crippen molar-refractivity contribution in [2.75, 3.05) is 6.54 Å². The van der Waals surface area contributed by atoms with Gasteiger partial charge in [0, 0.05) is 6.54 Å². The van der Waals surface area contributed by atoms with Crippen LogP contribution in [0.2, 0.25) is 0 Å². The van der Waals surface area contributed by atoms with Crippen LogP contribution >= 0.6 is 0 Å². The van der Waals surface area contributed by atoms with E-state index in [2.05, 4.69) is 27.7 Å². The molecule has 3 N–H and O–H groups in total. The van der Waals surface area contributed by atoms with Crippen molar-refractivity contribution in [1.82, 2.24) is 0 Å². The lowest BCUT2D eigenvalue weighted by atomic mass is 9.94. The van der Waals surface area contributed by atoms with Crippen LogP contribution in [0.3, 0.4) is 0 Å². The lowest BCUT2D eigenvalue weighted by Gasteiger charge is -2.23. The highest BCUT2D eigenvalue weighted by atomic mass is 16.3. The smallest absolute Gasteiger partial charge is 0.0779 e. The number of nitrogens with two attached hydrogens (primary N) is 1. The van der Waals surface area contributed by atoms with Gasteiger partial charge in [-0.3, -0.25) is 0 Å². The van der Waals surface area contributed by atoms with Crippen molar-refractivity contribution < 1.29 is 5.11 Å². The molecule has 12 heavy (non-hydrogen) atoms. The standard InChI is InChI=1S/C10H21NO/c1-8(2)7(9(8,3)4)10(5,12)6-11/h7,12H,6,11H2,1-5H3. The van der Waals surface area contributed by atoms with Gasteiger partial charge in [0.1, 0.15) is 0 Å². The molecule has 2 nitrogen and oxygen atoms in total. The SMILES string of the molecule is CC(O)(CN)C1C(C)(C)C1(C)C. The first kappa shape index (κ1) is 10.0. The molecule has 1 aliphatic rings. The molecular formula is C10H21NO. The summed E-state index contributed by atoms with van der Waals surface area (Å²) >= 11 is 0. The van der Waals surface area contributed by atoms with Gasteiger partial charge in [-0.15, -0.1) is 0 Å². The molecule has 1 saturated carbocycles. The first-order valence-electron chi connectivity index (χ1n) is 4.60. The highest BCUT2D eigenvalue weighted by Crippen LogP contribution is 2.71. The largest absolute Gasteiger partial charge is 0.389 e. The third kappa shape index (κ3) is 1.01. The van der Waals surface area contributed by atoms with Gasteiger partial charge in [-0.25, -0.2) is 0 Å². The van der Waals surface area contributed by atoms with Crippen molar-refractivity contribution in [2.45, 2.75) is 40.2 Å². The van der Waals surface area contributed by atoms with Gasteiger partial charge in [0.25, 0.3) is 0 Å². The Hall–Kier alpha value is -0.0800. The summed E-state index contributed by atoms with van der Waals surface area (Å²) in [5.74, 6) is 0.322. The van der Waals surface area contributed by atoms with E-state index < -0.39 is 5.60 Å². The molecule has 0 aromatic rings. The van der Waals surface area contributed by atoms with Crippen molar-refractivity contribution in [3.05, 3.63) is 0 Å². The third-order valence-corrected chi connectivity index (χ3v) is 4.06. The van der Waals surface area contributed by atoms with E-state index in [0.717, 1.165) is 0 Å². The topological polar surface area (TPSA) is 46.2 Å². The fourth-order valence-electron chi connectivity index (χ4n) is 2.87. The summed E-state index contributed by atoms with van der Waals surface area (Å²) in [5.41, 5.74) is 5.27. The first-order chi connectivity index (χ1) is 5.18. The minimum absolute atomic E-state index is 0.218. The van der Waals surface area contributed by atoms with Crippen molar-refractivity contribution in [3.8, 4) is 0 Å². The quantitative estimate of drug-likeness (QED) is 0.659. The molecule has 1 rings (SSSR count). The summed E-state index contributed by atoms with van der Waals surface area (Å²) in [4.78, 5) is 0. The predicted octanol–water partition coefficient (Wildman–Crippen LogP) is 1.38. The second-order valence-corrected chi connectivity index (χ2v) is 5.44. The van der Waals surface area contributed by atoms with Gasteiger partial charge in [-0.1, -0.05) is 27.7 Å². The monoisotopic (exact) mass is 171 g/mol.